The number of aliphatic carboxylic acids is 1. The summed E-state index contributed by atoms with van der Waals surface area (Å²) in [6.07, 6.45) is 0.777. The molecule has 0 bridgehead atoms. The first kappa shape index (κ1) is 14.1. The molecule has 0 spiro atoms. The van der Waals surface area contributed by atoms with Crippen LogP contribution in [0.5, 0.6) is 0 Å². The monoisotopic (exact) mass is 262 g/mol. The van der Waals surface area contributed by atoms with Crippen molar-refractivity contribution in [2.75, 3.05) is 0 Å². The van der Waals surface area contributed by atoms with E-state index in [9.17, 15) is 15.0 Å². The Labute approximate surface area is 114 Å². The first-order valence-corrected chi connectivity index (χ1v) is 6.88. The molecule has 4 atom stereocenters. The van der Waals surface area contributed by atoms with E-state index in [4.69, 9.17) is 0 Å². The zero-order valence-electron chi connectivity index (χ0n) is 11.8. The van der Waals surface area contributed by atoms with E-state index in [0.29, 0.717) is 12.3 Å². The molecule has 1 aromatic carbocycles. The van der Waals surface area contributed by atoms with Gasteiger partial charge in [-0.05, 0) is 43.7 Å². The molecule has 1 aliphatic carbocycles. The van der Waals surface area contributed by atoms with Gasteiger partial charge in [-0.1, -0.05) is 30.7 Å². The van der Waals surface area contributed by atoms with Crippen LogP contribution in [0.15, 0.2) is 18.2 Å². The van der Waals surface area contributed by atoms with Crippen LogP contribution in [0.2, 0.25) is 0 Å². The fraction of sp³-hybridized carbons (Fsp3) is 0.562. The second-order valence-corrected chi connectivity index (χ2v) is 5.99. The van der Waals surface area contributed by atoms with Gasteiger partial charge in [0.15, 0.2) is 0 Å². The summed E-state index contributed by atoms with van der Waals surface area (Å²) < 4.78 is 0. The Morgan fingerprint density at radius 1 is 1.32 bits per heavy atom. The van der Waals surface area contributed by atoms with Crippen LogP contribution in [-0.2, 0) is 4.79 Å². The first-order chi connectivity index (χ1) is 8.90. The van der Waals surface area contributed by atoms with Crippen molar-refractivity contribution in [1.82, 2.24) is 0 Å². The average molecular weight is 262 g/mol. The van der Waals surface area contributed by atoms with Crippen LogP contribution in [0.25, 0.3) is 0 Å². The molecule has 1 fully saturated rings. The molecule has 3 heteroatoms. The van der Waals surface area contributed by atoms with E-state index in [2.05, 4.69) is 6.92 Å². The Kier molecular flexibility index (Phi) is 3.95. The second-order valence-electron chi connectivity index (χ2n) is 5.99. The number of carbonyl (C=O) groups is 1. The smallest absolute Gasteiger partial charge is 0.306 e. The van der Waals surface area contributed by atoms with Crippen LogP contribution in [0, 0.1) is 31.6 Å². The lowest BCUT2D eigenvalue weighted by molar-refractivity contribution is -0.144. The molecule has 1 saturated carbocycles. The average Bonchev–Trinajstić information content (AvgIpc) is 2.70. The van der Waals surface area contributed by atoms with Crippen molar-refractivity contribution in [1.29, 1.82) is 0 Å². The van der Waals surface area contributed by atoms with Crippen molar-refractivity contribution >= 4 is 5.97 Å². The molecule has 1 aliphatic rings. The van der Waals surface area contributed by atoms with Crippen LogP contribution in [-0.4, -0.2) is 16.2 Å². The third-order valence-electron chi connectivity index (χ3n) is 4.31. The van der Waals surface area contributed by atoms with Gasteiger partial charge in [0.05, 0.1) is 12.0 Å². The number of carboxylic acids is 1. The molecule has 0 aliphatic heterocycles. The molecule has 3 nitrogen and oxygen atoms in total. The number of aryl methyl sites for hydroxylation is 2. The highest BCUT2D eigenvalue weighted by atomic mass is 16.4. The van der Waals surface area contributed by atoms with Gasteiger partial charge in [0.2, 0.25) is 0 Å². The predicted molar refractivity (Wildman–Crippen MR) is 73.9 cm³/mol. The van der Waals surface area contributed by atoms with Crippen molar-refractivity contribution < 1.29 is 15.0 Å². The Bertz CT molecular complexity index is 481. The van der Waals surface area contributed by atoms with Crippen molar-refractivity contribution in [2.24, 2.45) is 17.8 Å². The van der Waals surface area contributed by atoms with E-state index in [0.717, 1.165) is 23.1 Å². The molecule has 0 saturated heterocycles. The Morgan fingerprint density at radius 2 is 2.00 bits per heavy atom. The van der Waals surface area contributed by atoms with Crippen molar-refractivity contribution in [3.05, 3.63) is 34.9 Å². The lowest BCUT2D eigenvalue weighted by Crippen LogP contribution is -2.24. The molecule has 2 rings (SSSR count). The summed E-state index contributed by atoms with van der Waals surface area (Å²) >= 11 is 0. The SMILES string of the molecule is Cc1ccc(C(O)C2CC(C)CC2C(=O)O)c(C)c1. The number of rotatable bonds is 3. The van der Waals surface area contributed by atoms with Gasteiger partial charge in [-0.2, -0.15) is 0 Å². The molecule has 4 unspecified atom stereocenters. The molecule has 0 amide bonds. The van der Waals surface area contributed by atoms with E-state index in [-0.39, 0.29) is 5.92 Å². The molecule has 0 radical (unpaired) electrons. The lowest BCUT2D eigenvalue weighted by Gasteiger charge is -2.24. The van der Waals surface area contributed by atoms with Gasteiger partial charge in [-0.25, -0.2) is 0 Å². The molecule has 0 aromatic heterocycles. The Hall–Kier alpha value is -1.35. The lowest BCUT2D eigenvalue weighted by atomic mass is 9.85. The number of aliphatic hydroxyl groups excluding tert-OH is 1. The van der Waals surface area contributed by atoms with Crippen molar-refractivity contribution in [3.8, 4) is 0 Å². The molecular formula is C16H22O3. The maximum absolute atomic E-state index is 11.3. The van der Waals surface area contributed by atoms with Gasteiger partial charge in [0.25, 0.3) is 0 Å². The van der Waals surface area contributed by atoms with Gasteiger partial charge in [-0.15, -0.1) is 0 Å². The highest BCUT2D eigenvalue weighted by Gasteiger charge is 2.41. The fourth-order valence-corrected chi connectivity index (χ4v) is 3.35. The summed E-state index contributed by atoms with van der Waals surface area (Å²) in [5, 5.41) is 19.9. The number of carboxylic acid groups (broad SMARTS) is 1. The van der Waals surface area contributed by atoms with E-state index in [1.54, 1.807) is 0 Å². The van der Waals surface area contributed by atoms with Crippen LogP contribution in [0.1, 0.15) is 42.6 Å². The van der Waals surface area contributed by atoms with Crippen LogP contribution >= 0.6 is 0 Å². The van der Waals surface area contributed by atoms with Crippen LogP contribution in [0.3, 0.4) is 0 Å². The highest BCUT2D eigenvalue weighted by Crippen LogP contribution is 2.44. The zero-order valence-corrected chi connectivity index (χ0v) is 11.8. The largest absolute Gasteiger partial charge is 0.481 e. The third kappa shape index (κ3) is 2.81. The summed E-state index contributed by atoms with van der Waals surface area (Å²) in [4.78, 5) is 11.3. The third-order valence-corrected chi connectivity index (χ3v) is 4.31. The minimum absolute atomic E-state index is 0.172. The molecule has 2 N–H and O–H groups in total. The van der Waals surface area contributed by atoms with Crippen LogP contribution in [0.4, 0.5) is 0 Å². The van der Waals surface area contributed by atoms with E-state index >= 15 is 0 Å². The van der Waals surface area contributed by atoms with Gasteiger partial charge >= 0.3 is 5.97 Å². The van der Waals surface area contributed by atoms with Crippen molar-refractivity contribution in [2.45, 2.75) is 39.7 Å². The van der Waals surface area contributed by atoms with E-state index < -0.39 is 18.0 Å². The van der Waals surface area contributed by atoms with E-state index in [1.807, 2.05) is 32.0 Å². The Morgan fingerprint density at radius 3 is 2.58 bits per heavy atom. The number of benzene rings is 1. The number of hydrogen-bond donors (Lipinski definition) is 2. The predicted octanol–water partition coefficient (Wildman–Crippen LogP) is 3.08. The first-order valence-electron chi connectivity index (χ1n) is 6.88. The highest BCUT2D eigenvalue weighted by molar-refractivity contribution is 5.71. The summed E-state index contributed by atoms with van der Waals surface area (Å²) in [6, 6.07) is 5.93. The summed E-state index contributed by atoms with van der Waals surface area (Å²) in [6.45, 7) is 6.05. The minimum atomic E-state index is -0.779. The van der Waals surface area contributed by atoms with Gasteiger partial charge in [0.1, 0.15) is 0 Å². The molecule has 0 heterocycles. The zero-order chi connectivity index (χ0) is 14.2. The standard InChI is InChI=1S/C16H22O3/c1-9-4-5-12(11(3)6-9)15(17)13-7-10(2)8-14(13)16(18)19/h4-6,10,13-15,17H,7-8H2,1-3H3,(H,18,19). The van der Waals surface area contributed by atoms with Crippen molar-refractivity contribution in [3.63, 3.8) is 0 Å². The van der Waals surface area contributed by atoms with Gasteiger partial charge in [0, 0.05) is 5.92 Å². The molecular weight excluding hydrogens is 240 g/mol. The summed E-state index contributed by atoms with van der Waals surface area (Å²) in [5.41, 5.74) is 3.06. The molecule has 19 heavy (non-hydrogen) atoms. The number of hydrogen-bond acceptors (Lipinski definition) is 2. The van der Waals surface area contributed by atoms with E-state index in [1.165, 1.54) is 0 Å². The maximum atomic E-state index is 11.3. The topological polar surface area (TPSA) is 57.5 Å². The molecule has 1 aromatic rings. The molecule has 104 valence electrons. The second kappa shape index (κ2) is 5.33. The van der Waals surface area contributed by atoms with Gasteiger partial charge in [-0.3, -0.25) is 4.79 Å². The minimum Gasteiger partial charge on any atom is -0.481 e. The fourth-order valence-electron chi connectivity index (χ4n) is 3.35. The maximum Gasteiger partial charge on any atom is 0.306 e. The number of aliphatic hydroxyl groups is 1. The summed E-state index contributed by atoms with van der Waals surface area (Å²) in [5.74, 6) is -1.01. The van der Waals surface area contributed by atoms with Crippen LogP contribution < -0.4 is 0 Å². The Balaban J connectivity index is 2.27. The normalized spacial score (nSPS) is 28.3. The summed E-state index contributed by atoms with van der Waals surface area (Å²) in [7, 11) is 0. The quantitative estimate of drug-likeness (QED) is 0.880. The van der Waals surface area contributed by atoms with Gasteiger partial charge < -0.3 is 10.2 Å².